The molecule has 0 aliphatic carbocycles. The Morgan fingerprint density at radius 1 is 1.31 bits per heavy atom. The molecular formula is C9H21N3O. The van der Waals surface area contributed by atoms with Gasteiger partial charge in [0.1, 0.15) is 0 Å². The molecule has 0 atom stereocenters. The first-order valence-electron chi connectivity index (χ1n) is 4.62. The zero-order valence-electron chi connectivity index (χ0n) is 9.08. The van der Waals surface area contributed by atoms with Crippen molar-refractivity contribution in [1.82, 2.24) is 9.80 Å². The fourth-order valence-corrected chi connectivity index (χ4v) is 1.05. The van der Waals surface area contributed by atoms with Gasteiger partial charge in [0.15, 0.2) is 0 Å². The van der Waals surface area contributed by atoms with Crippen molar-refractivity contribution >= 4 is 6.03 Å². The summed E-state index contributed by atoms with van der Waals surface area (Å²) in [7, 11) is 3.96. The van der Waals surface area contributed by atoms with Gasteiger partial charge in [-0.05, 0) is 20.0 Å². The van der Waals surface area contributed by atoms with Gasteiger partial charge in [-0.1, -0.05) is 13.8 Å². The van der Waals surface area contributed by atoms with Crippen LogP contribution in [0.1, 0.15) is 13.8 Å². The lowest BCUT2D eigenvalue weighted by Gasteiger charge is -2.23. The molecule has 0 aromatic carbocycles. The third-order valence-corrected chi connectivity index (χ3v) is 1.71. The lowest BCUT2D eigenvalue weighted by atomic mass is 10.2. The minimum atomic E-state index is -0.324. The molecule has 0 fully saturated rings. The fraction of sp³-hybridized carbons (Fsp3) is 0.889. The van der Waals surface area contributed by atoms with Crippen molar-refractivity contribution in [3.8, 4) is 0 Å². The molecule has 0 radical (unpaired) electrons. The SMILES string of the molecule is CC(C)CN(CCN(C)C)C(N)=O. The van der Waals surface area contributed by atoms with Crippen LogP contribution in [0.3, 0.4) is 0 Å². The average Bonchev–Trinajstić information content (AvgIpc) is 1.96. The molecule has 0 heterocycles. The van der Waals surface area contributed by atoms with Crippen LogP contribution in [0, 0.1) is 5.92 Å². The van der Waals surface area contributed by atoms with Crippen molar-refractivity contribution < 1.29 is 4.79 Å². The Kier molecular flexibility index (Phi) is 5.46. The van der Waals surface area contributed by atoms with E-state index >= 15 is 0 Å². The molecule has 0 aliphatic heterocycles. The minimum Gasteiger partial charge on any atom is -0.351 e. The minimum absolute atomic E-state index is 0.324. The molecule has 0 aliphatic rings. The van der Waals surface area contributed by atoms with E-state index in [0.29, 0.717) is 12.5 Å². The van der Waals surface area contributed by atoms with Crippen molar-refractivity contribution in [3.05, 3.63) is 0 Å². The molecule has 0 bridgehead atoms. The largest absolute Gasteiger partial charge is 0.351 e. The van der Waals surface area contributed by atoms with Gasteiger partial charge in [0.05, 0.1) is 0 Å². The zero-order chi connectivity index (χ0) is 10.4. The summed E-state index contributed by atoms with van der Waals surface area (Å²) in [6.07, 6.45) is 0. The van der Waals surface area contributed by atoms with Crippen molar-refractivity contribution in [2.75, 3.05) is 33.7 Å². The van der Waals surface area contributed by atoms with Crippen LogP contribution in [0.15, 0.2) is 0 Å². The number of likely N-dealkylation sites (N-methyl/N-ethyl adjacent to an activating group) is 1. The van der Waals surface area contributed by atoms with E-state index in [9.17, 15) is 4.79 Å². The maximum Gasteiger partial charge on any atom is 0.314 e. The number of rotatable bonds is 5. The van der Waals surface area contributed by atoms with Crippen LogP contribution in [0.4, 0.5) is 4.79 Å². The van der Waals surface area contributed by atoms with Crippen LogP contribution in [-0.4, -0.2) is 49.6 Å². The smallest absolute Gasteiger partial charge is 0.314 e. The molecule has 4 heteroatoms. The quantitative estimate of drug-likeness (QED) is 0.684. The second-order valence-corrected chi connectivity index (χ2v) is 3.98. The highest BCUT2D eigenvalue weighted by molar-refractivity contribution is 5.71. The molecule has 0 spiro atoms. The van der Waals surface area contributed by atoms with Gasteiger partial charge in [0, 0.05) is 19.6 Å². The van der Waals surface area contributed by atoms with E-state index in [0.717, 1.165) is 13.1 Å². The summed E-state index contributed by atoms with van der Waals surface area (Å²) in [5.74, 6) is 0.467. The lowest BCUT2D eigenvalue weighted by Crippen LogP contribution is -2.42. The van der Waals surface area contributed by atoms with E-state index < -0.39 is 0 Å². The van der Waals surface area contributed by atoms with E-state index in [1.54, 1.807) is 4.90 Å². The zero-order valence-corrected chi connectivity index (χ0v) is 9.08. The predicted molar refractivity (Wildman–Crippen MR) is 54.5 cm³/mol. The van der Waals surface area contributed by atoms with Crippen molar-refractivity contribution in [2.24, 2.45) is 11.7 Å². The summed E-state index contributed by atoms with van der Waals surface area (Å²) in [5, 5.41) is 0. The average molecular weight is 187 g/mol. The number of amides is 2. The Hall–Kier alpha value is -0.770. The number of carbonyl (C=O) groups excluding carboxylic acids is 1. The monoisotopic (exact) mass is 187 g/mol. The Labute approximate surface area is 80.7 Å². The van der Waals surface area contributed by atoms with Gasteiger partial charge in [-0.25, -0.2) is 4.79 Å². The molecule has 0 aromatic heterocycles. The Morgan fingerprint density at radius 3 is 2.15 bits per heavy atom. The molecule has 2 N–H and O–H groups in total. The standard InChI is InChI=1S/C9H21N3O/c1-8(2)7-12(9(10)13)6-5-11(3)4/h8H,5-7H2,1-4H3,(H2,10,13). The first-order chi connectivity index (χ1) is 5.93. The number of nitrogens with zero attached hydrogens (tertiary/aromatic N) is 2. The molecule has 78 valence electrons. The number of carbonyl (C=O) groups is 1. The highest BCUT2D eigenvalue weighted by Crippen LogP contribution is 1.98. The number of hydrogen-bond donors (Lipinski definition) is 1. The van der Waals surface area contributed by atoms with E-state index in [4.69, 9.17) is 5.73 Å². The maximum atomic E-state index is 11.0. The van der Waals surface area contributed by atoms with Crippen LogP contribution in [-0.2, 0) is 0 Å². The second-order valence-electron chi connectivity index (χ2n) is 3.98. The van der Waals surface area contributed by atoms with Crippen molar-refractivity contribution in [3.63, 3.8) is 0 Å². The van der Waals surface area contributed by atoms with Gasteiger partial charge in [0.2, 0.25) is 0 Å². The van der Waals surface area contributed by atoms with E-state index in [1.165, 1.54) is 0 Å². The number of hydrogen-bond acceptors (Lipinski definition) is 2. The van der Waals surface area contributed by atoms with Crippen LogP contribution in [0.5, 0.6) is 0 Å². The topological polar surface area (TPSA) is 49.6 Å². The Bertz CT molecular complexity index is 157. The normalized spacial score (nSPS) is 10.9. The lowest BCUT2D eigenvalue weighted by molar-refractivity contribution is 0.193. The summed E-state index contributed by atoms with van der Waals surface area (Å²) in [4.78, 5) is 14.7. The molecule has 2 amide bonds. The van der Waals surface area contributed by atoms with Gasteiger partial charge in [-0.15, -0.1) is 0 Å². The number of urea groups is 1. The summed E-state index contributed by atoms with van der Waals surface area (Å²) in [5.41, 5.74) is 5.24. The van der Waals surface area contributed by atoms with Gasteiger partial charge in [-0.2, -0.15) is 0 Å². The van der Waals surface area contributed by atoms with Gasteiger partial charge in [-0.3, -0.25) is 0 Å². The number of primary amides is 1. The third kappa shape index (κ3) is 6.40. The first-order valence-corrected chi connectivity index (χ1v) is 4.62. The first kappa shape index (κ1) is 12.2. The van der Waals surface area contributed by atoms with Crippen LogP contribution < -0.4 is 5.73 Å². The second kappa shape index (κ2) is 5.80. The van der Waals surface area contributed by atoms with E-state index in [2.05, 4.69) is 13.8 Å². The molecule has 13 heavy (non-hydrogen) atoms. The van der Waals surface area contributed by atoms with Gasteiger partial charge >= 0.3 is 6.03 Å². The summed E-state index contributed by atoms with van der Waals surface area (Å²) in [6.45, 7) is 6.45. The van der Waals surface area contributed by atoms with Gasteiger partial charge in [0.25, 0.3) is 0 Å². The predicted octanol–water partition coefficient (Wildman–Crippen LogP) is 0.585. The van der Waals surface area contributed by atoms with Crippen LogP contribution >= 0.6 is 0 Å². The van der Waals surface area contributed by atoms with Gasteiger partial charge < -0.3 is 15.5 Å². The molecule has 0 saturated heterocycles. The molecule has 4 nitrogen and oxygen atoms in total. The Balaban J connectivity index is 3.88. The highest BCUT2D eigenvalue weighted by Gasteiger charge is 2.10. The molecule has 0 saturated carbocycles. The van der Waals surface area contributed by atoms with Crippen molar-refractivity contribution in [2.45, 2.75) is 13.8 Å². The summed E-state index contributed by atoms with van der Waals surface area (Å²) >= 11 is 0. The van der Waals surface area contributed by atoms with Crippen molar-refractivity contribution in [1.29, 1.82) is 0 Å². The Morgan fingerprint density at radius 2 is 1.85 bits per heavy atom. The van der Waals surface area contributed by atoms with Crippen LogP contribution in [0.25, 0.3) is 0 Å². The fourth-order valence-electron chi connectivity index (χ4n) is 1.05. The van der Waals surface area contributed by atoms with Crippen LogP contribution in [0.2, 0.25) is 0 Å². The highest BCUT2D eigenvalue weighted by atomic mass is 16.2. The van der Waals surface area contributed by atoms with E-state index in [-0.39, 0.29) is 6.03 Å². The van der Waals surface area contributed by atoms with E-state index in [1.807, 2.05) is 19.0 Å². The summed E-state index contributed by atoms with van der Waals surface area (Å²) < 4.78 is 0. The third-order valence-electron chi connectivity index (χ3n) is 1.71. The number of nitrogens with two attached hydrogens (primary N) is 1. The maximum absolute atomic E-state index is 11.0. The molecule has 0 aromatic rings. The molecule has 0 rings (SSSR count). The molecule has 0 unspecified atom stereocenters. The summed E-state index contributed by atoms with van der Waals surface area (Å²) in [6, 6.07) is -0.324. The molecular weight excluding hydrogens is 166 g/mol.